The lowest BCUT2D eigenvalue weighted by Crippen LogP contribution is -2.54. The number of piperidine rings is 4. The number of carbonyl (C=O) groups is 2. The number of hydrogen-bond acceptors (Lipinski definition) is 8. The van der Waals surface area contributed by atoms with Gasteiger partial charge < -0.3 is 30.2 Å². The molecule has 2 bridgehead atoms. The molecule has 212 valence electrons. The summed E-state index contributed by atoms with van der Waals surface area (Å²) in [7, 11) is 3.25. The first-order valence-electron chi connectivity index (χ1n) is 13.9. The van der Waals surface area contributed by atoms with Crippen LogP contribution in [0.2, 0.25) is 0 Å². The Morgan fingerprint density at radius 3 is 2.50 bits per heavy atom. The van der Waals surface area contributed by atoms with Gasteiger partial charge in [0.15, 0.2) is 0 Å². The van der Waals surface area contributed by atoms with E-state index in [0.717, 1.165) is 83.4 Å². The van der Waals surface area contributed by atoms with E-state index in [1.807, 2.05) is 6.07 Å². The second kappa shape index (κ2) is 14.1. The molecule has 4 aliphatic rings. The Bertz CT molecular complexity index is 955. The van der Waals surface area contributed by atoms with Crippen molar-refractivity contribution in [3.8, 4) is 5.75 Å². The van der Waals surface area contributed by atoms with Crippen LogP contribution < -0.4 is 15.8 Å². The molecule has 5 rings (SSSR count). The minimum absolute atomic E-state index is 0.0388. The van der Waals surface area contributed by atoms with Gasteiger partial charge in [-0.25, -0.2) is 0 Å². The molecule has 1 aromatic carbocycles. The smallest absolute Gasteiger partial charge is 0.306 e. The number of amides is 1. The van der Waals surface area contributed by atoms with Crippen molar-refractivity contribution in [2.75, 3.05) is 59.2 Å². The third-order valence-corrected chi connectivity index (χ3v) is 9.17. The molecule has 0 radical (unpaired) electrons. The summed E-state index contributed by atoms with van der Waals surface area (Å²) in [5.41, 5.74) is 8.12. The molecule has 0 aromatic heterocycles. The van der Waals surface area contributed by atoms with Crippen molar-refractivity contribution in [1.82, 2.24) is 15.1 Å². The van der Waals surface area contributed by atoms with E-state index in [-0.39, 0.29) is 30.1 Å². The van der Waals surface area contributed by atoms with Crippen LogP contribution in [0, 0.1) is 5.92 Å². The quantitative estimate of drug-likeness (QED) is 0.118. The molecule has 1 aromatic rings. The number of likely N-dealkylation sites (tertiary alicyclic amines) is 1. The van der Waals surface area contributed by atoms with Crippen LogP contribution >= 0.6 is 22.6 Å². The maximum Gasteiger partial charge on any atom is 0.306 e. The first-order valence-corrected chi connectivity index (χ1v) is 15.4. The maximum absolute atomic E-state index is 13.1. The number of hydrogen-bond donors (Lipinski definition) is 2. The van der Waals surface area contributed by atoms with Crippen LogP contribution in [0.5, 0.6) is 5.75 Å². The van der Waals surface area contributed by atoms with Gasteiger partial charge in [-0.2, -0.15) is 0 Å². The Hall–Kier alpha value is -1.63. The molecule has 9 nitrogen and oxygen atoms in total. The summed E-state index contributed by atoms with van der Waals surface area (Å²) in [6, 6.07) is 3.46. The first kappa shape index (κ1) is 29.4. The number of rotatable bonds is 12. The zero-order valence-electron chi connectivity index (χ0n) is 22.8. The van der Waals surface area contributed by atoms with Crippen molar-refractivity contribution in [3.05, 3.63) is 23.3 Å². The van der Waals surface area contributed by atoms with E-state index in [4.69, 9.17) is 19.9 Å². The van der Waals surface area contributed by atoms with Crippen LogP contribution in [-0.4, -0.2) is 93.4 Å². The van der Waals surface area contributed by atoms with Gasteiger partial charge >= 0.3 is 5.97 Å². The summed E-state index contributed by atoms with van der Waals surface area (Å²) in [4.78, 5) is 30.3. The predicted molar refractivity (Wildman–Crippen MR) is 156 cm³/mol. The third kappa shape index (κ3) is 7.51. The number of ether oxygens (including phenoxy) is 3. The minimum atomic E-state index is -0.168. The lowest BCUT2D eigenvalue weighted by Gasteiger charge is -2.43. The fourth-order valence-corrected chi connectivity index (χ4v) is 6.65. The average molecular weight is 643 g/mol. The second-order valence-corrected chi connectivity index (χ2v) is 11.6. The number of anilines is 1. The summed E-state index contributed by atoms with van der Waals surface area (Å²) in [6.45, 7) is 5.85. The van der Waals surface area contributed by atoms with Crippen LogP contribution in [0.25, 0.3) is 0 Å². The van der Waals surface area contributed by atoms with Gasteiger partial charge in [-0.1, -0.05) is 29.0 Å². The van der Waals surface area contributed by atoms with Crippen LogP contribution in [0.3, 0.4) is 0 Å². The first-order chi connectivity index (χ1) is 18.4. The van der Waals surface area contributed by atoms with E-state index in [0.29, 0.717) is 33.8 Å². The van der Waals surface area contributed by atoms with Gasteiger partial charge in [0.1, 0.15) is 11.9 Å². The summed E-state index contributed by atoms with van der Waals surface area (Å²) in [5, 5.41) is 3.17. The number of nitrogens with two attached hydrogens (primary N) is 1. The van der Waals surface area contributed by atoms with E-state index < -0.39 is 0 Å². The monoisotopic (exact) mass is 642 g/mol. The molecule has 4 heterocycles. The van der Waals surface area contributed by atoms with Crippen molar-refractivity contribution in [2.24, 2.45) is 5.92 Å². The van der Waals surface area contributed by atoms with Crippen LogP contribution in [0.15, 0.2) is 12.1 Å². The summed E-state index contributed by atoms with van der Waals surface area (Å²) in [6.07, 6.45) is 6.55. The molecule has 4 fully saturated rings. The number of halogens is 1. The lowest BCUT2D eigenvalue weighted by molar-refractivity contribution is -0.158. The maximum atomic E-state index is 13.1. The van der Waals surface area contributed by atoms with Crippen molar-refractivity contribution >= 4 is 40.2 Å². The number of fused-ring (bicyclic) bond motifs is 3. The Morgan fingerprint density at radius 1 is 1.05 bits per heavy atom. The van der Waals surface area contributed by atoms with E-state index in [2.05, 4.69) is 37.7 Å². The number of nitrogens with one attached hydrogen (secondary N) is 1. The Labute approximate surface area is 240 Å². The second-order valence-electron chi connectivity index (χ2n) is 10.8. The molecule has 0 saturated carbocycles. The van der Waals surface area contributed by atoms with Crippen LogP contribution in [0.1, 0.15) is 60.9 Å². The van der Waals surface area contributed by atoms with Crippen molar-refractivity contribution in [1.29, 1.82) is 0 Å². The highest BCUT2D eigenvalue weighted by Crippen LogP contribution is 2.30. The van der Waals surface area contributed by atoms with Gasteiger partial charge in [0, 0.05) is 49.3 Å². The van der Waals surface area contributed by atoms with Crippen LogP contribution in [0.4, 0.5) is 5.69 Å². The molecule has 38 heavy (non-hydrogen) atoms. The number of benzene rings is 1. The van der Waals surface area contributed by atoms with Gasteiger partial charge in [0.25, 0.3) is 5.91 Å². The van der Waals surface area contributed by atoms with Crippen LogP contribution in [-0.2, 0) is 18.7 Å². The van der Waals surface area contributed by atoms with Gasteiger partial charge in [0.05, 0.1) is 24.8 Å². The summed E-state index contributed by atoms with van der Waals surface area (Å²) in [5.74, 6) is 0.835. The van der Waals surface area contributed by atoms with E-state index in [1.165, 1.54) is 0 Å². The highest BCUT2D eigenvalue weighted by Gasteiger charge is 2.36. The van der Waals surface area contributed by atoms with E-state index >= 15 is 0 Å². The lowest BCUT2D eigenvalue weighted by atomic mass is 9.86. The number of esters is 1. The molecule has 0 spiro atoms. The Kier molecular flexibility index (Phi) is 10.9. The predicted octanol–water partition coefficient (Wildman–Crippen LogP) is 3.23. The molecule has 4 aliphatic heterocycles. The fraction of sp³-hybridized carbons (Fsp3) is 0.714. The summed E-state index contributed by atoms with van der Waals surface area (Å²) < 4.78 is 17.7. The van der Waals surface area contributed by atoms with Gasteiger partial charge in [-0.05, 0) is 69.3 Å². The minimum Gasteiger partial charge on any atom is -0.496 e. The topological polar surface area (TPSA) is 106 Å². The molecule has 4 saturated heterocycles. The number of unbranched alkanes of at least 4 members (excludes halogenated alkanes) is 2. The zero-order valence-corrected chi connectivity index (χ0v) is 24.9. The molecule has 1 amide bonds. The average Bonchev–Trinajstić information content (AvgIpc) is 2.93. The molecular weight excluding hydrogens is 599 g/mol. The van der Waals surface area contributed by atoms with Gasteiger partial charge in [-0.3, -0.25) is 14.5 Å². The van der Waals surface area contributed by atoms with Crippen molar-refractivity contribution < 1.29 is 23.8 Å². The molecule has 3 N–H and O–H groups in total. The Balaban J connectivity index is 1.16. The number of carbonyl (C=O) groups excluding carboxylic acids is 2. The normalized spacial score (nSPS) is 27.2. The third-order valence-electron chi connectivity index (χ3n) is 8.35. The van der Waals surface area contributed by atoms with E-state index in [9.17, 15) is 9.59 Å². The number of nitrogen functional groups attached to an aromatic ring is 1. The molecule has 0 unspecified atom stereocenters. The fourth-order valence-electron chi connectivity index (χ4n) is 5.99. The van der Waals surface area contributed by atoms with Gasteiger partial charge in [-0.15, -0.1) is 0 Å². The Morgan fingerprint density at radius 2 is 1.84 bits per heavy atom. The molecular formula is C28H43IN4O5. The molecule has 0 aliphatic carbocycles. The van der Waals surface area contributed by atoms with E-state index in [1.54, 1.807) is 20.3 Å². The highest BCUT2D eigenvalue weighted by molar-refractivity contribution is 14.1. The highest BCUT2D eigenvalue weighted by atomic mass is 127. The van der Waals surface area contributed by atoms with Gasteiger partial charge in [0.2, 0.25) is 0 Å². The summed E-state index contributed by atoms with van der Waals surface area (Å²) >= 11 is 2.24. The standard InChI is InChI=1S/C28H43IN4O5/c1-36-24-15-22(30)20(16-29)14-21(24)28(35)31-23-9-13-32(18-26(23)37-2)10-5-3-4-6-27(34)38-25-17-33-11-7-19(25)8-12-33/h14-15,19,23,25-26H,3-13,16-18,30H2,1-2H3,(H,31,35)/t23-,25-,26+/m0/s1. The number of nitrogens with zero attached hydrogens (tertiary/aromatic N) is 2. The van der Waals surface area contributed by atoms with Crippen molar-refractivity contribution in [2.45, 2.75) is 67.6 Å². The SMILES string of the molecule is COc1cc(N)c(CI)cc1C(=O)N[C@H]1CCN(CCCCCC(=O)O[C@H]2CN3CCC2CC3)C[C@H]1OC. The molecule has 3 atom stereocenters. The zero-order chi connectivity index (χ0) is 27.1. The largest absolute Gasteiger partial charge is 0.496 e. The number of methoxy groups -OCH3 is 2. The number of alkyl halides is 1. The molecule has 10 heteroatoms. The van der Waals surface area contributed by atoms with Crippen molar-refractivity contribution in [3.63, 3.8) is 0 Å².